The number of rotatable bonds is 3. The van der Waals surface area contributed by atoms with E-state index in [2.05, 4.69) is 20.9 Å². The van der Waals surface area contributed by atoms with Gasteiger partial charge < -0.3 is 0 Å². The number of hydrogen-bond donors (Lipinski definition) is 0. The van der Waals surface area contributed by atoms with Gasteiger partial charge in [0.1, 0.15) is 16.7 Å². The van der Waals surface area contributed by atoms with Crippen LogP contribution in [0.25, 0.3) is 0 Å². The number of Topliss-reactive ketones (excluding diaryl/α,β-unsaturated/α-hetero) is 1. The maximum atomic E-state index is 13.3. The highest BCUT2D eigenvalue weighted by Crippen LogP contribution is 2.29. The summed E-state index contributed by atoms with van der Waals surface area (Å²) >= 11 is 3.34. The van der Waals surface area contributed by atoms with Crippen molar-refractivity contribution in [3.8, 4) is 6.07 Å². The minimum Gasteiger partial charge on any atom is -0.293 e. The smallest absolute Gasteiger partial charge is 0.181 e. The number of nitrogens with zero attached hydrogens (tertiary/aromatic N) is 2. The van der Waals surface area contributed by atoms with E-state index >= 15 is 0 Å². The van der Waals surface area contributed by atoms with Crippen LogP contribution in [0.4, 0.5) is 4.39 Å². The summed E-state index contributed by atoms with van der Waals surface area (Å²) in [5, 5.41) is 8.80. The van der Waals surface area contributed by atoms with Crippen LogP contribution in [0.3, 0.4) is 0 Å². The van der Waals surface area contributed by atoms with Crippen molar-refractivity contribution in [2.45, 2.75) is 11.8 Å². The summed E-state index contributed by atoms with van der Waals surface area (Å²) in [7, 11) is 0. The second-order valence-corrected chi connectivity index (χ2v) is 5.13. The number of alkyl halides is 1. The highest BCUT2D eigenvalue weighted by molar-refractivity contribution is 9.09. The number of aryl methyl sites for hydroxylation is 1. The molecule has 3 nitrogen and oxygen atoms in total. The Morgan fingerprint density at radius 1 is 1.45 bits per heavy atom. The van der Waals surface area contributed by atoms with E-state index in [1.165, 1.54) is 12.1 Å². The molecule has 0 N–H and O–H groups in total. The largest absolute Gasteiger partial charge is 0.293 e. The number of pyridine rings is 1. The number of nitriles is 1. The Morgan fingerprint density at radius 3 is 2.85 bits per heavy atom. The first-order valence-corrected chi connectivity index (χ1v) is 6.75. The molecular weight excluding hydrogens is 323 g/mol. The molecule has 0 aliphatic rings. The van der Waals surface area contributed by atoms with Crippen molar-refractivity contribution in [3.05, 3.63) is 64.7 Å². The van der Waals surface area contributed by atoms with Crippen LogP contribution in [0.5, 0.6) is 0 Å². The molecule has 2 aromatic rings. The van der Waals surface area contributed by atoms with Gasteiger partial charge in [0.05, 0.1) is 5.56 Å². The van der Waals surface area contributed by atoms with Gasteiger partial charge in [-0.3, -0.25) is 9.78 Å². The molecule has 0 saturated carbocycles. The van der Waals surface area contributed by atoms with E-state index in [9.17, 15) is 9.18 Å². The Hall–Kier alpha value is -2.06. The van der Waals surface area contributed by atoms with Crippen molar-refractivity contribution < 1.29 is 9.18 Å². The molecule has 1 heterocycles. The zero-order valence-corrected chi connectivity index (χ0v) is 12.2. The SMILES string of the molecule is Cc1ncccc1[C@H](Br)C(=O)c1ccc(F)c(C#N)c1. The van der Waals surface area contributed by atoms with E-state index < -0.39 is 10.6 Å². The van der Waals surface area contributed by atoms with E-state index in [4.69, 9.17) is 5.26 Å². The lowest BCUT2D eigenvalue weighted by atomic mass is 10.0. The molecule has 5 heteroatoms. The van der Waals surface area contributed by atoms with Gasteiger partial charge in [-0.1, -0.05) is 22.0 Å². The summed E-state index contributed by atoms with van der Waals surface area (Å²) in [6, 6.07) is 9.03. The number of carbonyl (C=O) groups excluding carboxylic acids is 1. The number of halogens is 2. The van der Waals surface area contributed by atoms with Gasteiger partial charge in [-0.05, 0) is 36.8 Å². The minimum absolute atomic E-state index is 0.140. The fourth-order valence-corrected chi connectivity index (χ4v) is 2.56. The van der Waals surface area contributed by atoms with Crippen LogP contribution in [-0.4, -0.2) is 10.8 Å². The van der Waals surface area contributed by atoms with Crippen LogP contribution in [0, 0.1) is 24.1 Å². The summed E-state index contributed by atoms with van der Waals surface area (Å²) in [6.07, 6.45) is 1.65. The molecule has 1 aromatic heterocycles. The lowest BCUT2D eigenvalue weighted by Gasteiger charge is -2.11. The predicted molar refractivity (Wildman–Crippen MR) is 76.1 cm³/mol. The predicted octanol–water partition coefficient (Wildman–Crippen LogP) is 3.72. The van der Waals surface area contributed by atoms with E-state index in [0.717, 1.165) is 17.3 Å². The third-order valence-corrected chi connectivity index (χ3v) is 3.83. The molecular formula is C15H10BrFN2O. The van der Waals surface area contributed by atoms with E-state index in [1.807, 2.05) is 6.92 Å². The summed E-state index contributed by atoms with van der Waals surface area (Å²) in [6.45, 7) is 1.81. The normalized spacial score (nSPS) is 11.7. The van der Waals surface area contributed by atoms with Crippen LogP contribution in [-0.2, 0) is 0 Å². The Balaban J connectivity index is 2.37. The van der Waals surface area contributed by atoms with E-state index in [-0.39, 0.29) is 16.9 Å². The van der Waals surface area contributed by atoms with Gasteiger partial charge in [0, 0.05) is 17.5 Å². The second-order valence-electron chi connectivity index (χ2n) is 4.21. The maximum Gasteiger partial charge on any atom is 0.181 e. The van der Waals surface area contributed by atoms with Gasteiger partial charge in [-0.2, -0.15) is 5.26 Å². The minimum atomic E-state index is -0.632. The van der Waals surface area contributed by atoms with Gasteiger partial charge in [0.2, 0.25) is 0 Å². The Bertz CT molecular complexity index is 709. The fraction of sp³-hybridized carbons (Fsp3) is 0.133. The molecule has 0 amide bonds. The van der Waals surface area contributed by atoms with Gasteiger partial charge in [0.25, 0.3) is 0 Å². The van der Waals surface area contributed by atoms with Crippen molar-refractivity contribution in [1.29, 1.82) is 5.26 Å². The molecule has 100 valence electrons. The molecule has 0 radical (unpaired) electrons. The molecule has 0 aliphatic heterocycles. The molecule has 0 bridgehead atoms. The zero-order chi connectivity index (χ0) is 14.7. The van der Waals surface area contributed by atoms with E-state index in [1.54, 1.807) is 24.4 Å². The summed E-state index contributed by atoms with van der Waals surface area (Å²) in [4.78, 5) is 15.9. The molecule has 20 heavy (non-hydrogen) atoms. The summed E-state index contributed by atoms with van der Waals surface area (Å²) in [5.74, 6) is -0.870. The third kappa shape index (κ3) is 2.75. The molecule has 0 fully saturated rings. The molecule has 1 aromatic carbocycles. The van der Waals surface area contributed by atoms with Gasteiger partial charge in [-0.25, -0.2) is 4.39 Å². The zero-order valence-electron chi connectivity index (χ0n) is 10.6. The highest BCUT2D eigenvalue weighted by Gasteiger charge is 2.21. The molecule has 0 spiro atoms. The topological polar surface area (TPSA) is 53.8 Å². The maximum absolute atomic E-state index is 13.3. The van der Waals surface area contributed by atoms with Crippen LogP contribution in [0.2, 0.25) is 0 Å². The second kappa shape index (κ2) is 5.93. The Kier molecular flexibility index (Phi) is 4.26. The first-order valence-electron chi connectivity index (χ1n) is 5.84. The molecule has 0 saturated heterocycles. The first kappa shape index (κ1) is 14.4. The lowest BCUT2D eigenvalue weighted by Crippen LogP contribution is -2.09. The number of ketones is 1. The lowest BCUT2D eigenvalue weighted by molar-refractivity contribution is 0.0991. The fourth-order valence-electron chi connectivity index (χ4n) is 1.82. The average Bonchev–Trinajstić information content (AvgIpc) is 2.47. The Labute approximate surface area is 124 Å². The molecule has 0 unspecified atom stereocenters. The van der Waals surface area contributed by atoms with Crippen molar-refractivity contribution in [1.82, 2.24) is 4.98 Å². The third-order valence-electron chi connectivity index (χ3n) is 2.92. The molecule has 2 rings (SSSR count). The van der Waals surface area contributed by atoms with Crippen molar-refractivity contribution in [2.75, 3.05) is 0 Å². The van der Waals surface area contributed by atoms with Crippen molar-refractivity contribution >= 4 is 21.7 Å². The molecule has 1 atom stereocenters. The summed E-state index contributed by atoms with van der Waals surface area (Å²) < 4.78 is 13.3. The van der Waals surface area contributed by atoms with Crippen LogP contribution in [0.1, 0.15) is 32.0 Å². The van der Waals surface area contributed by atoms with Crippen molar-refractivity contribution in [2.24, 2.45) is 0 Å². The summed E-state index contributed by atoms with van der Waals surface area (Å²) in [5.41, 5.74) is 1.64. The highest BCUT2D eigenvalue weighted by atomic mass is 79.9. The quantitative estimate of drug-likeness (QED) is 0.635. The van der Waals surface area contributed by atoms with Crippen LogP contribution >= 0.6 is 15.9 Å². The van der Waals surface area contributed by atoms with Crippen LogP contribution in [0.15, 0.2) is 36.5 Å². The van der Waals surface area contributed by atoms with Crippen LogP contribution < -0.4 is 0 Å². The number of hydrogen-bond acceptors (Lipinski definition) is 3. The first-order chi connectivity index (χ1) is 9.54. The number of carbonyl (C=O) groups is 1. The number of aromatic nitrogens is 1. The van der Waals surface area contributed by atoms with Gasteiger partial charge >= 0.3 is 0 Å². The standard InChI is InChI=1S/C15H10BrFN2O/c1-9-12(3-2-6-19-9)14(16)15(20)10-4-5-13(17)11(7-10)8-18/h2-7,14H,1H3/t14-/m0/s1. The molecule has 0 aliphatic carbocycles. The average molecular weight is 333 g/mol. The monoisotopic (exact) mass is 332 g/mol. The van der Waals surface area contributed by atoms with E-state index in [0.29, 0.717) is 0 Å². The van der Waals surface area contributed by atoms with Crippen molar-refractivity contribution in [3.63, 3.8) is 0 Å². The van der Waals surface area contributed by atoms with Gasteiger partial charge in [0.15, 0.2) is 5.78 Å². The Morgan fingerprint density at radius 2 is 2.20 bits per heavy atom. The number of benzene rings is 1. The van der Waals surface area contributed by atoms with Gasteiger partial charge in [-0.15, -0.1) is 0 Å².